The van der Waals surface area contributed by atoms with Crippen LogP contribution in [0, 0.1) is 0 Å². The number of rotatable bonds is 7. The average Bonchev–Trinajstić information content (AvgIpc) is 2.80. The Morgan fingerprint density at radius 1 is 1.03 bits per heavy atom. The normalized spacial score (nSPS) is 14.6. The summed E-state index contributed by atoms with van der Waals surface area (Å²) >= 11 is 0. The molecule has 0 spiro atoms. The Labute approximate surface area is 194 Å². The molecule has 0 saturated heterocycles. The molecule has 1 aliphatic rings. The maximum Gasteiger partial charge on any atom is 0.213 e. The van der Waals surface area contributed by atoms with Gasteiger partial charge in [-0.05, 0) is 42.3 Å². The van der Waals surface area contributed by atoms with E-state index in [4.69, 9.17) is 19.3 Å². The molecule has 0 aliphatic carbocycles. The van der Waals surface area contributed by atoms with Gasteiger partial charge >= 0.3 is 0 Å². The number of hydrogen-bond acceptors (Lipinski definition) is 6. The molecule has 4 rings (SSSR count). The third-order valence-corrected chi connectivity index (χ3v) is 6.62. The largest absolute Gasteiger partial charge is 0.493 e. The zero-order valence-corrected chi connectivity index (χ0v) is 20.0. The topological polar surface area (TPSA) is 91.1 Å². The van der Waals surface area contributed by atoms with E-state index in [0.717, 1.165) is 40.2 Å². The first-order chi connectivity index (χ1) is 15.8. The van der Waals surface area contributed by atoms with Crippen LogP contribution in [0.5, 0.6) is 17.2 Å². The summed E-state index contributed by atoms with van der Waals surface area (Å²) in [4.78, 5) is 2.15. The van der Waals surface area contributed by atoms with E-state index in [1.165, 1.54) is 0 Å². The van der Waals surface area contributed by atoms with Crippen LogP contribution in [0.3, 0.4) is 0 Å². The van der Waals surface area contributed by atoms with Gasteiger partial charge in [-0.15, -0.1) is 0 Å². The van der Waals surface area contributed by atoms with Gasteiger partial charge in [-0.2, -0.15) is 0 Å². The molecular formula is C25H28N2O5S. The molecule has 1 atom stereocenters. The van der Waals surface area contributed by atoms with Crippen LogP contribution >= 0.6 is 0 Å². The first kappa shape index (κ1) is 22.9. The van der Waals surface area contributed by atoms with Crippen molar-refractivity contribution in [2.75, 3.05) is 32.7 Å². The molecule has 7 nitrogen and oxygen atoms in total. The summed E-state index contributed by atoms with van der Waals surface area (Å²) in [5, 5.41) is 5.32. The van der Waals surface area contributed by atoms with E-state index in [1.807, 2.05) is 55.6 Å². The van der Waals surface area contributed by atoms with E-state index < -0.39 is 16.1 Å². The third-order valence-electron chi connectivity index (χ3n) is 5.88. The maximum absolute atomic E-state index is 11.8. The van der Waals surface area contributed by atoms with Crippen LogP contribution < -0.4 is 24.2 Å². The fourth-order valence-electron chi connectivity index (χ4n) is 4.21. The minimum Gasteiger partial charge on any atom is -0.493 e. The molecule has 0 radical (unpaired) electrons. The average molecular weight is 469 g/mol. The second kappa shape index (κ2) is 8.96. The molecule has 0 bridgehead atoms. The van der Waals surface area contributed by atoms with Gasteiger partial charge in [-0.3, -0.25) is 0 Å². The molecule has 0 aromatic heterocycles. The van der Waals surface area contributed by atoms with Crippen molar-refractivity contribution in [2.24, 2.45) is 5.14 Å². The number of benzene rings is 3. The quantitative estimate of drug-likeness (QED) is 0.561. The van der Waals surface area contributed by atoms with Crippen molar-refractivity contribution < 1.29 is 22.6 Å². The molecule has 0 saturated carbocycles. The Bertz CT molecular complexity index is 1290. The number of nitrogens with two attached hydrogens (primary N) is 1. The molecule has 0 fully saturated rings. The van der Waals surface area contributed by atoms with Crippen LogP contribution in [0.4, 0.5) is 5.69 Å². The highest BCUT2D eigenvalue weighted by atomic mass is 32.2. The molecule has 1 aliphatic heterocycles. The minimum atomic E-state index is -3.68. The van der Waals surface area contributed by atoms with Crippen LogP contribution in [-0.2, 0) is 15.8 Å². The van der Waals surface area contributed by atoms with E-state index >= 15 is 0 Å². The maximum atomic E-state index is 11.8. The molecule has 2 N–H and O–H groups in total. The van der Waals surface area contributed by atoms with Crippen LogP contribution in [0.25, 0.3) is 11.1 Å². The third kappa shape index (κ3) is 4.49. The Kier molecular flexibility index (Phi) is 6.23. The number of nitrogens with zero attached hydrogens (tertiary/aromatic N) is 1. The smallest absolute Gasteiger partial charge is 0.213 e. The highest BCUT2D eigenvalue weighted by Crippen LogP contribution is 2.49. The van der Waals surface area contributed by atoms with Crippen molar-refractivity contribution in [2.45, 2.75) is 18.8 Å². The van der Waals surface area contributed by atoms with Gasteiger partial charge in [0.25, 0.3) is 0 Å². The lowest BCUT2D eigenvalue weighted by Gasteiger charge is -2.33. The van der Waals surface area contributed by atoms with Crippen LogP contribution in [0.1, 0.15) is 29.7 Å². The van der Waals surface area contributed by atoms with Crippen molar-refractivity contribution in [3.63, 3.8) is 0 Å². The second-order valence-corrected chi connectivity index (χ2v) is 9.62. The standard InChI is InChI=1S/C25H28N2O5S/c1-5-27(2)20-7-6-8-22-24(20)18-11-9-16(15-33(26,28)29)13-19(18)25(32-22)17-10-12-21(30-3)23(14-17)31-4/h6-14,25H,5,15H2,1-4H3,(H2,26,28,29). The summed E-state index contributed by atoms with van der Waals surface area (Å²) < 4.78 is 40.9. The Hall–Kier alpha value is -3.23. The van der Waals surface area contributed by atoms with E-state index in [-0.39, 0.29) is 5.75 Å². The molecular weight excluding hydrogens is 440 g/mol. The number of anilines is 1. The number of hydrogen-bond donors (Lipinski definition) is 1. The molecule has 174 valence electrons. The van der Waals surface area contributed by atoms with E-state index in [1.54, 1.807) is 14.2 Å². The minimum absolute atomic E-state index is 0.248. The number of fused-ring (bicyclic) bond motifs is 3. The first-order valence-electron chi connectivity index (χ1n) is 10.6. The zero-order chi connectivity index (χ0) is 23.8. The molecule has 1 unspecified atom stereocenters. The summed E-state index contributed by atoms with van der Waals surface area (Å²) in [7, 11) is 1.53. The van der Waals surface area contributed by atoms with E-state index in [9.17, 15) is 8.42 Å². The lowest BCUT2D eigenvalue weighted by molar-refractivity contribution is 0.242. The van der Waals surface area contributed by atoms with Crippen LogP contribution in [0.15, 0.2) is 54.6 Å². The number of ether oxygens (including phenoxy) is 3. The Morgan fingerprint density at radius 2 is 1.79 bits per heavy atom. The molecule has 3 aromatic rings. The lowest BCUT2D eigenvalue weighted by Crippen LogP contribution is -2.21. The predicted molar refractivity (Wildman–Crippen MR) is 130 cm³/mol. The second-order valence-electron chi connectivity index (χ2n) is 8.01. The van der Waals surface area contributed by atoms with Crippen molar-refractivity contribution in [3.8, 4) is 28.4 Å². The predicted octanol–water partition coefficient (Wildman–Crippen LogP) is 4.10. The highest BCUT2D eigenvalue weighted by Gasteiger charge is 2.31. The van der Waals surface area contributed by atoms with Gasteiger partial charge in [0.1, 0.15) is 11.9 Å². The van der Waals surface area contributed by atoms with Crippen molar-refractivity contribution in [1.82, 2.24) is 0 Å². The van der Waals surface area contributed by atoms with Gasteiger partial charge in [-0.25, -0.2) is 13.6 Å². The summed E-state index contributed by atoms with van der Waals surface area (Å²) in [6.45, 7) is 2.92. The van der Waals surface area contributed by atoms with Gasteiger partial charge in [0, 0.05) is 36.0 Å². The molecule has 3 aromatic carbocycles. The molecule has 8 heteroatoms. The summed E-state index contributed by atoms with van der Waals surface area (Å²) in [5.41, 5.74) is 5.35. The van der Waals surface area contributed by atoms with E-state index in [0.29, 0.717) is 17.1 Å². The van der Waals surface area contributed by atoms with Gasteiger partial charge in [0.2, 0.25) is 10.0 Å². The zero-order valence-electron chi connectivity index (χ0n) is 19.2. The highest BCUT2D eigenvalue weighted by molar-refractivity contribution is 7.88. The summed E-state index contributed by atoms with van der Waals surface area (Å²) in [6, 6.07) is 17.3. The number of methoxy groups -OCH3 is 2. The Morgan fingerprint density at radius 3 is 2.45 bits per heavy atom. The first-order valence-corrected chi connectivity index (χ1v) is 12.3. The lowest BCUT2D eigenvalue weighted by atomic mass is 9.87. The summed E-state index contributed by atoms with van der Waals surface area (Å²) in [6.07, 6.45) is -0.463. The number of primary sulfonamides is 1. The fourth-order valence-corrected chi connectivity index (χ4v) is 4.85. The van der Waals surface area contributed by atoms with Gasteiger partial charge < -0.3 is 19.1 Å². The summed E-state index contributed by atoms with van der Waals surface area (Å²) in [5.74, 6) is 1.72. The van der Waals surface area contributed by atoms with Gasteiger partial charge in [0.15, 0.2) is 11.5 Å². The Balaban J connectivity index is 1.93. The van der Waals surface area contributed by atoms with Crippen LogP contribution in [-0.4, -0.2) is 36.2 Å². The number of sulfonamides is 1. The fraction of sp³-hybridized carbons (Fsp3) is 0.280. The van der Waals surface area contributed by atoms with E-state index in [2.05, 4.69) is 17.9 Å². The SMILES string of the molecule is CCN(C)c1cccc2c1-c1ccc(CS(N)(=O)=O)cc1C(c1ccc(OC)c(OC)c1)O2. The van der Waals surface area contributed by atoms with Crippen LogP contribution in [0.2, 0.25) is 0 Å². The monoisotopic (exact) mass is 468 g/mol. The van der Waals surface area contributed by atoms with Gasteiger partial charge in [0.05, 0.1) is 20.0 Å². The van der Waals surface area contributed by atoms with Gasteiger partial charge in [-0.1, -0.05) is 30.3 Å². The van der Waals surface area contributed by atoms with Crippen molar-refractivity contribution in [3.05, 3.63) is 71.3 Å². The molecule has 1 heterocycles. The van der Waals surface area contributed by atoms with Crippen molar-refractivity contribution >= 4 is 15.7 Å². The van der Waals surface area contributed by atoms with Crippen molar-refractivity contribution in [1.29, 1.82) is 0 Å². The molecule has 33 heavy (non-hydrogen) atoms. The molecule has 0 amide bonds.